The summed E-state index contributed by atoms with van der Waals surface area (Å²) in [4.78, 5) is 7.13. The molecule has 1 aromatic heterocycles. The van der Waals surface area contributed by atoms with Crippen LogP contribution in [0.25, 0.3) is 0 Å². The van der Waals surface area contributed by atoms with Crippen LogP contribution in [0.5, 0.6) is 5.88 Å². The number of nitrogens with zero attached hydrogens (tertiary/aromatic N) is 2. The molecule has 5 heteroatoms. The second kappa shape index (κ2) is 6.30. The van der Waals surface area contributed by atoms with Crippen LogP contribution >= 0.6 is 12.2 Å². The summed E-state index contributed by atoms with van der Waals surface area (Å²) in [5.41, 5.74) is 7.33. The van der Waals surface area contributed by atoms with Crippen LogP contribution in [-0.2, 0) is 0 Å². The lowest BCUT2D eigenvalue weighted by molar-refractivity contribution is 0.228. The van der Waals surface area contributed by atoms with Crippen LogP contribution in [0, 0.1) is 6.92 Å². The molecule has 0 saturated carbocycles. The number of pyridine rings is 1. The van der Waals surface area contributed by atoms with E-state index in [9.17, 15) is 0 Å². The van der Waals surface area contributed by atoms with Crippen LogP contribution in [0.3, 0.4) is 0 Å². The van der Waals surface area contributed by atoms with Crippen LogP contribution in [0.1, 0.15) is 30.5 Å². The first-order valence-corrected chi connectivity index (χ1v) is 7.08. The molecule has 1 fully saturated rings. The SMILES string of the molecule is Cc1cc(C(N)=S)cc(OCCC2CCCN2C)n1. The molecule has 1 aliphatic rings. The smallest absolute Gasteiger partial charge is 0.214 e. The van der Waals surface area contributed by atoms with Gasteiger partial charge < -0.3 is 15.4 Å². The third-order valence-electron chi connectivity index (χ3n) is 3.59. The maximum absolute atomic E-state index is 5.73. The maximum Gasteiger partial charge on any atom is 0.214 e. The van der Waals surface area contributed by atoms with E-state index in [0.29, 0.717) is 23.5 Å². The molecule has 1 atom stereocenters. The number of aryl methyl sites for hydroxylation is 1. The average molecular weight is 279 g/mol. The van der Waals surface area contributed by atoms with Gasteiger partial charge in [-0.3, -0.25) is 0 Å². The summed E-state index contributed by atoms with van der Waals surface area (Å²) in [6.45, 7) is 3.79. The fourth-order valence-corrected chi connectivity index (χ4v) is 2.62. The molecule has 2 N–H and O–H groups in total. The van der Waals surface area contributed by atoms with Gasteiger partial charge in [-0.15, -0.1) is 0 Å². The van der Waals surface area contributed by atoms with Crippen LogP contribution in [0.2, 0.25) is 0 Å². The lowest BCUT2D eigenvalue weighted by Crippen LogP contribution is -2.26. The molecule has 4 nitrogen and oxygen atoms in total. The van der Waals surface area contributed by atoms with Gasteiger partial charge in [0.2, 0.25) is 5.88 Å². The Morgan fingerprint density at radius 2 is 2.37 bits per heavy atom. The van der Waals surface area contributed by atoms with Gasteiger partial charge in [-0.1, -0.05) is 12.2 Å². The molecule has 2 heterocycles. The highest BCUT2D eigenvalue weighted by Crippen LogP contribution is 2.18. The Hall–Kier alpha value is -1.20. The van der Waals surface area contributed by atoms with E-state index in [1.165, 1.54) is 19.4 Å². The molecule has 0 amide bonds. The number of aromatic nitrogens is 1. The summed E-state index contributed by atoms with van der Waals surface area (Å²) in [5, 5.41) is 0. The number of likely N-dealkylation sites (tertiary alicyclic amines) is 1. The van der Waals surface area contributed by atoms with E-state index in [0.717, 1.165) is 17.7 Å². The van der Waals surface area contributed by atoms with Gasteiger partial charge in [-0.2, -0.15) is 0 Å². The van der Waals surface area contributed by atoms with Crippen molar-refractivity contribution in [3.8, 4) is 5.88 Å². The molecular formula is C14H21N3OS. The van der Waals surface area contributed by atoms with Gasteiger partial charge in [0.1, 0.15) is 4.99 Å². The van der Waals surface area contributed by atoms with E-state index in [2.05, 4.69) is 16.9 Å². The van der Waals surface area contributed by atoms with Crippen molar-refractivity contribution in [2.24, 2.45) is 5.73 Å². The third-order valence-corrected chi connectivity index (χ3v) is 3.82. The van der Waals surface area contributed by atoms with Crippen LogP contribution in [0.4, 0.5) is 0 Å². The highest BCUT2D eigenvalue weighted by atomic mass is 32.1. The number of ether oxygens (including phenoxy) is 1. The quantitative estimate of drug-likeness (QED) is 0.834. The van der Waals surface area contributed by atoms with Crippen molar-refractivity contribution in [2.75, 3.05) is 20.2 Å². The van der Waals surface area contributed by atoms with E-state index in [1.807, 2.05) is 19.1 Å². The van der Waals surface area contributed by atoms with Crippen molar-refractivity contribution in [1.82, 2.24) is 9.88 Å². The lowest BCUT2D eigenvalue weighted by Gasteiger charge is -2.19. The average Bonchev–Trinajstić information content (AvgIpc) is 2.74. The van der Waals surface area contributed by atoms with Gasteiger partial charge in [0, 0.05) is 23.4 Å². The van der Waals surface area contributed by atoms with E-state index in [-0.39, 0.29) is 0 Å². The van der Waals surface area contributed by atoms with E-state index >= 15 is 0 Å². The lowest BCUT2D eigenvalue weighted by atomic mass is 10.1. The van der Waals surface area contributed by atoms with Crippen LogP contribution in [0.15, 0.2) is 12.1 Å². The highest BCUT2D eigenvalue weighted by Gasteiger charge is 2.20. The van der Waals surface area contributed by atoms with Crippen molar-refractivity contribution in [3.63, 3.8) is 0 Å². The fraction of sp³-hybridized carbons (Fsp3) is 0.571. The first-order chi connectivity index (χ1) is 9.06. The summed E-state index contributed by atoms with van der Waals surface area (Å²) in [7, 11) is 2.17. The van der Waals surface area contributed by atoms with E-state index in [4.69, 9.17) is 22.7 Å². The van der Waals surface area contributed by atoms with E-state index in [1.54, 1.807) is 0 Å². The zero-order valence-corrected chi connectivity index (χ0v) is 12.4. The Morgan fingerprint density at radius 1 is 1.58 bits per heavy atom. The highest BCUT2D eigenvalue weighted by molar-refractivity contribution is 7.80. The largest absolute Gasteiger partial charge is 0.478 e. The monoisotopic (exact) mass is 279 g/mol. The van der Waals surface area contributed by atoms with Gasteiger partial charge >= 0.3 is 0 Å². The molecule has 0 spiro atoms. The molecule has 1 unspecified atom stereocenters. The van der Waals surface area contributed by atoms with Gasteiger partial charge in [0.05, 0.1) is 6.61 Å². The summed E-state index contributed by atoms with van der Waals surface area (Å²) >= 11 is 4.98. The summed E-state index contributed by atoms with van der Waals surface area (Å²) < 4.78 is 5.73. The predicted molar refractivity (Wildman–Crippen MR) is 80.6 cm³/mol. The molecule has 19 heavy (non-hydrogen) atoms. The second-order valence-corrected chi connectivity index (χ2v) is 5.55. The zero-order chi connectivity index (χ0) is 13.8. The molecule has 1 saturated heterocycles. The molecule has 104 valence electrons. The Labute approximate surface area is 120 Å². The predicted octanol–water partition coefficient (Wildman–Crippen LogP) is 1.89. The van der Waals surface area contributed by atoms with Crippen molar-refractivity contribution < 1.29 is 4.74 Å². The van der Waals surface area contributed by atoms with Gasteiger partial charge in [-0.05, 0) is 45.8 Å². The summed E-state index contributed by atoms with van der Waals surface area (Å²) in [5.74, 6) is 0.614. The summed E-state index contributed by atoms with van der Waals surface area (Å²) in [6, 6.07) is 4.33. The molecule has 0 aliphatic carbocycles. The topological polar surface area (TPSA) is 51.4 Å². The molecule has 1 aromatic rings. The molecule has 0 aromatic carbocycles. The third kappa shape index (κ3) is 3.88. The number of hydrogen-bond acceptors (Lipinski definition) is 4. The first kappa shape index (κ1) is 14.2. The Balaban J connectivity index is 1.90. The van der Waals surface area contributed by atoms with Gasteiger partial charge in [0.25, 0.3) is 0 Å². The maximum atomic E-state index is 5.73. The molecular weight excluding hydrogens is 258 g/mol. The number of nitrogens with two attached hydrogens (primary N) is 1. The minimum Gasteiger partial charge on any atom is -0.478 e. The number of hydrogen-bond donors (Lipinski definition) is 1. The number of rotatable bonds is 5. The Morgan fingerprint density at radius 3 is 3.00 bits per heavy atom. The van der Waals surface area contributed by atoms with Gasteiger partial charge in [0.15, 0.2) is 0 Å². The van der Waals surface area contributed by atoms with E-state index < -0.39 is 0 Å². The zero-order valence-electron chi connectivity index (χ0n) is 11.6. The van der Waals surface area contributed by atoms with Crippen molar-refractivity contribution >= 4 is 17.2 Å². The minimum absolute atomic E-state index is 0.380. The van der Waals surface area contributed by atoms with Crippen molar-refractivity contribution in [1.29, 1.82) is 0 Å². The molecule has 0 bridgehead atoms. The standard InChI is InChI=1S/C14H21N3OS/c1-10-8-11(14(15)19)9-13(16-10)18-7-5-12-4-3-6-17(12)2/h8-9,12H,3-7H2,1-2H3,(H2,15,19). The number of thiocarbonyl (C=S) groups is 1. The minimum atomic E-state index is 0.380. The fourth-order valence-electron chi connectivity index (χ4n) is 2.50. The van der Waals surface area contributed by atoms with Crippen LogP contribution < -0.4 is 10.5 Å². The Bertz CT molecular complexity index is 464. The van der Waals surface area contributed by atoms with Gasteiger partial charge in [-0.25, -0.2) is 4.98 Å². The molecule has 1 aliphatic heterocycles. The molecule has 0 radical (unpaired) electrons. The molecule has 2 rings (SSSR count). The normalized spacial score (nSPS) is 19.6. The first-order valence-electron chi connectivity index (χ1n) is 6.68. The Kier molecular flexibility index (Phi) is 4.71. The van der Waals surface area contributed by atoms with Crippen molar-refractivity contribution in [3.05, 3.63) is 23.4 Å². The van der Waals surface area contributed by atoms with Crippen LogP contribution in [-0.4, -0.2) is 41.1 Å². The summed E-state index contributed by atoms with van der Waals surface area (Å²) in [6.07, 6.45) is 3.59. The van der Waals surface area contributed by atoms with Crippen molar-refractivity contribution in [2.45, 2.75) is 32.2 Å². The second-order valence-electron chi connectivity index (χ2n) is 5.11.